The Bertz CT molecular complexity index is 2170. The number of nitrogens with two attached hydrogens (primary N) is 1. The van der Waals surface area contributed by atoms with Crippen molar-refractivity contribution in [2.45, 2.75) is 27.5 Å². The number of ether oxygens (including phenoxy) is 2. The molecule has 2 aliphatic carbocycles. The molecule has 3 fully saturated rings. The summed E-state index contributed by atoms with van der Waals surface area (Å²) in [5.74, 6) is -1.15. The lowest BCUT2D eigenvalue weighted by atomic mass is 9.68. The van der Waals surface area contributed by atoms with Crippen molar-refractivity contribution < 1.29 is 32.3 Å². The molecule has 1 saturated heterocycles. The molecule has 6 unspecified atom stereocenters. The molecule has 0 spiro atoms. The van der Waals surface area contributed by atoms with Gasteiger partial charge in [0.15, 0.2) is 6.61 Å². The summed E-state index contributed by atoms with van der Waals surface area (Å²) in [4.78, 5) is 58.6. The van der Waals surface area contributed by atoms with Crippen molar-refractivity contribution in [1.29, 1.82) is 0 Å². The van der Waals surface area contributed by atoms with Gasteiger partial charge in [-0.2, -0.15) is 0 Å². The van der Waals surface area contributed by atoms with Crippen LogP contribution in [0.25, 0.3) is 0 Å². The summed E-state index contributed by atoms with van der Waals surface area (Å²) in [7, 11) is -2.31. The van der Waals surface area contributed by atoms with Gasteiger partial charge in [-0.15, -0.1) is 11.8 Å². The molecule has 3 heterocycles. The lowest BCUT2D eigenvalue weighted by Gasteiger charge is -2.43. The fourth-order valence-electron chi connectivity index (χ4n) is 8.29. The topological polar surface area (TPSA) is 178 Å². The number of hydrogen-bond donors (Lipinski definition) is 3. The highest BCUT2D eigenvalue weighted by Gasteiger charge is 2.69. The number of primary sulfonamides is 1. The Labute approximate surface area is 289 Å². The number of aromatic nitrogens is 1. The van der Waals surface area contributed by atoms with Crippen molar-refractivity contribution >= 4 is 62.2 Å². The number of thiazole rings is 1. The van der Waals surface area contributed by atoms with E-state index in [0.717, 1.165) is 33.2 Å². The molecule has 4 aliphatic rings. The highest BCUT2D eigenvalue weighted by atomic mass is 32.2. The van der Waals surface area contributed by atoms with Crippen LogP contribution in [-0.4, -0.2) is 50.1 Å². The monoisotopic (exact) mass is 718 g/mol. The SMILES string of the molecule is COc1ccc(N2C(=O)C3C4CC(C3C2=O)C2C4Sc3[nH]c(=O)sc3[C@@H]2c2ccccc2OCC(=O)Nc2ccc(S(N)(=O)=O)cc2)cc1. The van der Waals surface area contributed by atoms with Gasteiger partial charge in [0, 0.05) is 27.3 Å². The van der Waals surface area contributed by atoms with Crippen molar-refractivity contribution in [3.63, 3.8) is 0 Å². The molecule has 4 N–H and O–H groups in total. The van der Waals surface area contributed by atoms with E-state index < -0.39 is 27.8 Å². The Balaban J connectivity index is 1.08. The van der Waals surface area contributed by atoms with E-state index in [1.807, 2.05) is 12.1 Å². The number of methoxy groups -OCH3 is 1. The van der Waals surface area contributed by atoms with Crippen molar-refractivity contribution in [2.75, 3.05) is 23.9 Å². The van der Waals surface area contributed by atoms with E-state index in [9.17, 15) is 27.6 Å². The predicted octanol–water partition coefficient (Wildman–Crippen LogP) is 3.79. The highest BCUT2D eigenvalue weighted by molar-refractivity contribution is 8.00. The molecule has 3 aromatic carbocycles. The van der Waals surface area contributed by atoms with Gasteiger partial charge in [0.2, 0.25) is 21.8 Å². The van der Waals surface area contributed by atoms with Crippen LogP contribution in [0.15, 0.2) is 87.5 Å². The molecular formula is C34H30N4O8S3. The number of H-pyrrole nitrogens is 1. The van der Waals surface area contributed by atoms with E-state index in [2.05, 4.69) is 10.3 Å². The normalized spacial score (nSPS) is 26.7. The quantitative estimate of drug-likeness (QED) is 0.229. The zero-order valence-corrected chi connectivity index (χ0v) is 28.3. The number of rotatable bonds is 8. The molecule has 3 amide bonds. The molecule has 1 aromatic heterocycles. The number of nitrogens with one attached hydrogen (secondary N) is 2. The second kappa shape index (κ2) is 11.9. The van der Waals surface area contributed by atoms with Crippen LogP contribution in [0.2, 0.25) is 0 Å². The summed E-state index contributed by atoms with van der Waals surface area (Å²) >= 11 is 2.74. The van der Waals surface area contributed by atoms with Gasteiger partial charge in [-0.3, -0.25) is 24.1 Å². The average Bonchev–Trinajstić information content (AvgIpc) is 3.82. The maximum atomic E-state index is 14.1. The number of fused-ring (bicyclic) bond motifs is 9. The van der Waals surface area contributed by atoms with E-state index >= 15 is 0 Å². The molecule has 8 rings (SSSR count). The first-order chi connectivity index (χ1) is 23.5. The second-order valence-corrected chi connectivity index (χ2v) is 16.4. The van der Waals surface area contributed by atoms with E-state index in [1.54, 1.807) is 55.3 Å². The molecular weight excluding hydrogens is 689 g/mol. The summed E-state index contributed by atoms with van der Waals surface area (Å²) < 4.78 is 34.5. The van der Waals surface area contributed by atoms with Crippen molar-refractivity contribution in [3.8, 4) is 11.5 Å². The Kier molecular flexibility index (Phi) is 7.70. The van der Waals surface area contributed by atoms with E-state index in [1.165, 1.54) is 29.2 Å². The fourth-order valence-corrected chi connectivity index (χ4v) is 11.7. The average molecular weight is 719 g/mol. The largest absolute Gasteiger partial charge is 0.497 e. The molecule has 7 atom stereocenters. The first-order valence-corrected chi connectivity index (χ1v) is 18.8. The van der Waals surface area contributed by atoms with E-state index in [4.69, 9.17) is 14.6 Å². The smallest absolute Gasteiger partial charge is 0.305 e. The highest BCUT2D eigenvalue weighted by Crippen LogP contribution is 2.69. The van der Waals surface area contributed by atoms with Gasteiger partial charge in [0.05, 0.1) is 34.6 Å². The number of carbonyl (C=O) groups excluding carboxylic acids is 3. The van der Waals surface area contributed by atoms with Crippen LogP contribution in [0.3, 0.4) is 0 Å². The molecule has 4 aromatic rings. The maximum Gasteiger partial charge on any atom is 0.305 e. The number of imide groups is 1. The van der Waals surface area contributed by atoms with Crippen molar-refractivity contribution in [1.82, 2.24) is 4.98 Å². The van der Waals surface area contributed by atoms with Gasteiger partial charge in [-0.25, -0.2) is 13.6 Å². The third-order valence-electron chi connectivity index (χ3n) is 10.1. The van der Waals surface area contributed by atoms with Gasteiger partial charge in [-0.1, -0.05) is 29.5 Å². The van der Waals surface area contributed by atoms with Crippen LogP contribution in [0.1, 0.15) is 22.8 Å². The molecule has 2 saturated carbocycles. The third kappa shape index (κ3) is 5.26. The molecule has 49 heavy (non-hydrogen) atoms. The number of carbonyl (C=O) groups is 3. The number of amides is 3. The fraction of sp³-hybridized carbons (Fsp3) is 0.294. The number of anilines is 2. The molecule has 0 radical (unpaired) electrons. The predicted molar refractivity (Wildman–Crippen MR) is 182 cm³/mol. The van der Waals surface area contributed by atoms with Crippen LogP contribution in [0.4, 0.5) is 11.4 Å². The number of thioether (sulfide) groups is 1. The van der Waals surface area contributed by atoms with Gasteiger partial charge >= 0.3 is 4.87 Å². The van der Waals surface area contributed by atoms with Gasteiger partial charge in [-0.05, 0) is 78.8 Å². The summed E-state index contributed by atoms with van der Waals surface area (Å²) in [6.07, 6.45) is 0.733. The number of sulfonamides is 1. The third-order valence-corrected chi connectivity index (χ3v) is 13.7. The minimum absolute atomic E-state index is 0.0155. The summed E-state index contributed by atoms with van der Waals surface area (Å²) in [5, 5.41) is 8.61. The molecule has 2 bridgehead atoms. The second-order valence-electron chi connectivity index (χ2n) is 12.6. The number of para-hydroxylation sites is 1. The number of aromatic amines is 1. The lowest BCUT2D eigenvalue weighted by Crippen LogP contribution is -2.42. The Morgan fingerprint density at radius 3 is 2.37 bits per heavy atom. The number of benzene rings is 3. The summed E-state index contributed by atoms with van der Waals surface area (Å²) in [5.41, 5.74) is 1.70. The minimum Gasteiger partial charge on any atom is -0.497 e. The Morgan fingerprint density at radius 2 is 1.67 bits per heavy atom. The van der Waals surface area contributed by atoms with Crippen LogP contribution in [0.5, 0.6) is 11.5 Å². The van der Waals surface area contributed by atoms with Crippen LogP contribution < -0.4 is 29.7 Å². The Hall–Kier alpha value is -4.44. The minimum atomic E-state index is -3.87. The lowest BCUT2D eigenvalue weighted by molar-refractivity contribution is -0.123. The number of hydrogen-bond acceptors (Lipinski definition) is 10. The zero-order chi connectivity index (χ0) is 34.2. The Morgan fingerprint density at radius 1 is 0.980 bits per heavy atom. The van der Waals surface area contributed by atoms with Crippen LogP contribution >= 0.6 is 23.1 Å². The van der Waals surface area contributed by atoms with Crippen molar-refractivity contribution in [3.05, 3.63) is 92.9 Å². The molecule has 12 nitrogen and oxygen atoms in total. The zero-order valence-electron chi connectivity index (χ0n) is 25.9. The standard InChI is InChI=1S/C34H30N4O8S3/c1-45-18-10-8-17(9-11-18)38-32(40)27-21-14-22(28(27)33(38)41)29-26(21)25(30-31(47-29)37-34(42)48-30)20-4-2-3-5-23(20)46-15-24(39)36-16-6-12-19(13-7-16)49(35,43)44/h2-13,21-22,25-29H,14-15H2,1H3,(H,36,39)(H,37,42)(H2,35,43,44)/t21?,22?,25-,26?,27?,28?,29?/m1/s1. The van der Waals surface area contributed by atoms with Crippen LogP contribution in [0, 0.1) is 29.6 Å². The van der Waals surface area contributed by atoms with Crippen molar-refractivity contribution in [2.24, 2.45) is 34.7 Å². The molecule has 15 heteroatoms. The first kappa shape index (κ1) is 31.8. The number of nitrogens with zero attached hydrogens (tertiary/aromatic N) is 1. The summed E-state index contributed by atoms with van der Waals surface area (Å²) in [6.45, 7) is -0.333. The van der Waals surface area contributed by atoms with Gasteiger partial charge in [0.1, 0.15) is 11.5 Å². The maximum absolute atomic E-state index is 14.1. The van der Waals surface area contributed by atoms with Crippen LogP contribution in [-0.2, 0) is 24.4 Å². The van der Waals surface area contributed by atoms with E-state index in [-0.39, 0.29) is 57.1 Å². The molecule has 252 valence electrons. The van der Waals surface area contributed by atoms with E-state index in [0.29, 0.717) is 22.9 Å². The van der Waals surface area contributed by atoms with Gasteiger partial charge < -0.3 is 19.8 Å². The van der Waals surface area contributed by atoms with Gasteiger partial charge in [0.25, 0.3) is 5.91 Å². The first-order valence-electron chi connectivity index (χ1n) is 15.6. The molecule has 2 aliphatic heterocycles. The summed E-state index contributed by atoms with van der Waals surface area (Å²) in [6, 6.07) is 19.8.